The van der Waals surface area contributed by atoms with Gasteiger partial charge in [-0.15, -0.1) is 0 Å². The second-order valence-corrected chi connectivity index (χ2v) is 4.88. The van der Waals surface area contributed by atoms with E-state index in [2.05, 4.69) is 10.5 Å². The first-order valence-corrected chi connectivity index (χ1v) is 6.37. The van der Waals surface area contributed by atoms with Crippen molar-refractivity contribution in [2.75, 3.05) is 13.1 Å². The smallest absolute Gasteiger partial charge is 0.244 e. The van der Waals surface area contributed by atoms with E-state index in [9.17, 15) is 9.59 Å². The maximum absolute atomic E-state index is 12.1. The molecule has 0 spiro atoms. The quantitative estimate of drug-likeness (QED) is 0.434. The lowest BCUT2D eigenvalue weighted by molar-refractivity contribution is -0.136. The number of nitrogens with zero attached hydrogens (tertiary/aromatic N) is 3. The van der Waals surface area contributed by atoms with Crippen LogP contribution in [-0.2, 0) is 16.1 Å². The van der Waals surface area contributed by atoms with Gasteiger partial charge in [0.15, 0.2) is 0 Å². The van der Waals surface area contributed by atoms with Gasteiger partial charge in [-0.05, 0) is 25.3 Å². The molecule has 0 saturated carbocycles. The van der Waals surface area contributed by atoms with Crippen molar-refractivity contribution in [3.63, 3.8) is 0 Å². The molecule has 0 aromatic carbocycles. The van der Waals surface area contributed by atoms with Crippen molar-refractivity contribution in [1.82, 2.24) is 20.1 Å². The summed E-state index contributed by atoms with van der Waals surface area (Å²) in [6.45, 7) is 3.38. The molecule has 3 N–H and O–H groups in total. The molecule has 0 aliphatic carbocycles. The van der Waals surface area contributed by atoms with Crippen molar-refractivity contribution in [3.05, 3.63) is 18.0 Å². The van der Waals surface area contributed by atoms with Crippen LogP contribution in [0, 0.1) is 12.8 Å². The Morgan fingerprint density at radius 2 is 2.16 bits per heavy atom. The van der Waals surface area contributed by atoms with Gasteiger partial charge in [0.1, 0.15) is 6.54 Å². The van der Waals surface area contributed by atoms with Crippen LogP contribution < -0.4 is 11.3 Å². The van der Waals surface area contributed by atoms with Crippen molar-refractivity contribution < 1.29 is 9.59 Å². The summed E-state index contributed by atoms with van der Waals surface area (Å²) < 4.78 is 1.64. The number of amides is 2. The van der Waals surface area contributed by atoms with Gasteiger partial charge in [-0.1, -0.05) is 0 Å². The number of likely N-dealkylation sites (tertiary alicyclic amines) is 1. The van der Waals surface area contributed by atoms with Gasteiger partial charge in [0.05, 0.1) is 6.20 Å². The van der Waals surface area contributed by atoms with E-state index in [0.717, 1.165) is 5.56 Å². The molecule has 0 atom stereocenters. The molecule has 2 rings (SSSR count). The first-order valence-electron chi connectivity index (χ1n) is 6.37. The number of nitrogens with two attached hydrogens (primary N) is 1. The summed E-state index contributed by atoms with van der Waals surface area (Å²) in [5, 5.41) is 4.10. The van der Waals surface area contributed by atoms with Gasteiger partial charge in [0, 0.05) is 25.2 Å². The molecule has 1 saturated heterocycles. The SMILES string of the molecule is Cc1cnn(CC(=O)N2CCC(C(=O)NN)CC2)c1. The Hall–Kier alpha value is -1.89. The maximum atomic E-state index is 12.1. The second kappa shape index (κ2) is 5.83. The molecular weight excluding hydrogens is 246 g/mol. The standard InChI is InChI=1S/C12H19N5O2/c1-9-6-14-17(7-9)8-11(18)16-4-2-10(3-5-16)12(19)15-13/h6-7,10H,2-5,8,13H2,1H3,(H,15,19). The van der Waals surface area contributed by atoms with E-state index >= 15 is 0 Å². The fourth-order valence-corrected chi connectivity index (χ4v) is 2.30. The average molecular weight is 265 g/mol. The zero-order valence-electron chi connectivity index (χ0n) is 11.0. The number of hydrogen-bond donors (Lipinski definition) is 2. The number of hydrazine groups is 1. The van der Waals surface area contributed by atoms with Crippen molar-refractivity contribution in [2.24, 2.45) is 11.8 Å². The Bertz CT molecular complexity index is 462. The molecule has 104 valence electrons. The van der Waals surface area contributed by atoms with Gasteiger partial charge >= 0.3 is 0 Å². The Morgan fingerprint density at radius 1 is 1.47 bits per heavy atom. The number of carbonyl (C=O) groups is 2. The van der Waals surface area contributed by atoms with E-state index < -0.39 is 0 Å². The molecule has 7 nitrogen and oxygen atoms in total. The molecule has 1 aliphatic heterocycles. The first kappa shape index (κ1) is 13.5. The molecule has 1 aromatic rings. The molecule has 0 bridgehead atoms. The molecule has 1 fully saturated rings. The highest BCUT2D eigenvalue weighted by atomic mass is 16.2. The first-order chi connectivity index (χ1) is 9.10. The van der Waals surface area contributed by atoms with Crippen LogP contribution in [0.4, 0.5) is 0 Å². The second-order valence-electron chi connectivity index (χ2n) is 4.88. The zero-order chi connectivity index (χ0) is 13.8. The number of rotatable bonds is 3. The van der Waals surface area contributed by atoms with Gasteiger partial charge in [0.25, 0.3) is 0 Å². The molecule has 1 aliphatic rings. The van der Waals surface area contributed by atoms with Crippen LogP contribution in [0.5, 0.6) is 0 Å². The van der Waals surface area contributed by atoms with Crippen molar-refractivity contribution in [3.8, 4) is 0 Å². The number of aryl methyl sites for hydroxylation is 1. The Labute approximate surface area is 111 Å². The number of hydrogen-bond acceptors (Lipinski definition) is 4. The Balaban J connectivity index is 1.84. The van der Waals surface area contributed by atoms with E-state index in [4.69, 9.17) is 5.84 Å². The summed E-state index contributed by atoms with van der Waals surface area (Å²) in [6.07, 6.45) is 4.89. The van der Waals surface area contributed by atoms with Crippen LogP contribution in [0.2, 0.25) is 0 Å². The lowest BCUT2D eigenvalue weighted by Crippen LogP contribution is -2.45. The highest BCUT2D eigenvalue weighted by Gasteiger charge is 2.26. The minimum Gasteiger partial charge on any atom is -0.341 e. The Kier molecular flexibility index (Phi) is 4.16. The normalized spacial score (nSPS) is 16.4. The molecule has 19 heavy (non-hydrogen) atoms. The molecule has 2 amide bonds. The fourth-order valence-electron chi connectivity index (χ4n) is 2.30. The van der Waals surface area contributed by atoms with Gasteiger partial charge in [-0.25, -0.2) is 5.84 Å². The average Bonchev–Trinajstić information content (AvgIpc) is 2.83. The number of piperidine rings is 1. The number of carbonyl (C=O) groups excluding carboxylic acids is 2. The van der Waals surface area contributed by atoms with E-state index in [1.807, 2.05) is 13.1 Å². The van der Waals surface area contributed by atoms with Crippen molar-refractivity contribution in [1.29, 1.82) is 0 Å². The summed E-state index contributed by atoms with van der Waals surface area (Å²) >= 11 is 0. The van der Waals surface area contributed by atoms with E-state index in [1.165, 1.54) is 0 Å². The predicted molar refractivity (Wildman–Crippen MR) is 68.6 cm³/mol. The summed E-state index contributed by atoms with van der Waals surface area (Å²) in [5.41, 5.74) is 3.20. The molecule has 2 heterocycles. The van der Waals surface area contributed by atoms with Gasteiger partial charge < -0.3 is 4.90 Å². The third-order valence-electron chi connectivity index (χ3n) is 3.42. The molecule has 0 unspecified atom stereocenters. The van der Waals surface area contributed by atoms with Crippen molar-refractivity contribution in [2.45, 2.75) is 26.3 Å². The third kappa shape index (κ3) is 3.31. The summed E-state index contributed by atoms with van der Waals surface area (Å²) in [5.74, 6) is 4.92. The molecule has 0 radical (unpaired) electrons. The minimum absolute atomic E-state index is 0.0368. The summed E-state index contributed by atoms with van der Waals surface area (Å²) in [7, 11) is 0. The zero-order valence-corrected chi connectivity index (χ0v) is 11.0. The largest absolute Gasteiger partial charge is 0.341 e. The van der Waals surface area contributed by atoms with Gasteiger partial charge in [-0.2, -0.15) is 5.10 Å². The minimum atomic E-state index is -0.144. The van der Waals surface area contributed by atoms with E-state index in [0.29, 0.717) is 25.9 Å². The van der Waals surface area contributed by atoms with E-state index in [-0.39, 0.29) is 24.3 Å². The lowest BCUT2D eigenvalue weighted by Gasteiger charge is -2.31. The molecule has 7 heteroatoms. The highest BCUT2D eigenvalue weighted by molar-refractivity contribution is 5.79. The van der Waals surface area contributed by atoms with Crippen LogP contribution in [0.25, 0.3) is 0 Å². The topological polar surface area (TPSA) is 93.2 Å². The third-order valence-corrected chi connectivity index (χ3v) is 3.42. The Morgan fingerprint density at radius 3 is 2.68 bits per heavy atom. The van der Waals surface area contributed by atoms with Crippen LogP contribution in [0.1, 0.15) is 18.4 Å². The van der Waals surface area contributed by atoms with Crippen LogP contribution >= 0.6 is 0 Å². The fraction of sp³-hybridized carbons (Fsp3) is 0.583. The van der Waals surface area contributed by atoms with E-state index in [1.54, 1.807) is 15.8 Å². The van der Waals surface area contributed by atoms with Crippen LogP contribution in [0.3, 0.4) is 0 Å². The van der Waals surface area contributed by atoms with Gasteiger partial charge in [0.2, 0.25) is 11.8 Å². The summed E-state index contributed by atoms with van der Waals surface area (Å²) in [6, 6.07) is 0. The molecule has 1 aromatic heterocycles. The summed E-state index contributed by atoms with van der Waals surface area (Å²) in [4.78, 5) is 25.2. The monoisotopic (exact) mass is 265 g/mol. The van der Waals surface area contributed by atoms with Crippen molar-refractivity contribution >= 4 is 11.8 Å². The lowest BCUT2D eigenvalue weighted by atomic mass is 9.96. The number of aromatic nitrogens is 2. The predicted octanol–water partition coefficient (Wildman–Crippen LogP) is -0.580. The van der Waals surface area contributed by atoms with Crippen LogP contribution in [0.15, 0.2) is 12.4 Å². The van der Waals surface area contributed by atoms with Gasteiger partial charge in [-0.3, -0.25) is 19.7 Å². The maximum Gasteiger partial charge on any atom is 0.244 e. The molecular formula is C12H19N5O2. The number of nitrogens with one attached hydrogen (secondary N) is 1. The van der Waals surface area contributed by atoms with Crippen LogP contribution in [-0.4, -0.2) is 39.6 Å². The highest BCUT2D eigenvalue weighted by Crippen LogP contribution is 2.17.